The fourth-order valence-electron chi connectivity index (χ4n) is 4.15. The summed E-state index contributed by atoms with van der Waals surface area (Å²) in [6.45, 7) is 3.37. The third-order valence-electron chi connectivity index (χ3n) is 5.91. The highest BCUT2D eigenvalue weighted by Gasteiger charge is 2.26. The van der Waals surface area contributed by atoms with Gasteiger partial charge in [-0.1, -0.05) is 12.1 Å². The van der Waals surface area contributed by atoms with E-state index in [-0.39, 0.29) is 11.5 Å². The first kappa shape index (κ1) is 20.8. The third kappa shape index (κ3) is 4.53. The fraction of sp³-hybridized carbons (Fsp3) is 0.320. The number of methoxy groups -OCH3 is 1. The topological polar surface area (TPSA) is 64.4 Å². The van der Waals surface area contributed by atoms with Crippen LogP contribution in [0.3, 0.4) is 0 Å². The highest BCUT2D eigenvalue weighted by atomic mass is 16.5. The number of piperidine rings is 1. The van der Waals surface area contributed by atoms with E-state index in [1.165, 1.54) is 10.6 Å². The zero-order valence-corrected chi connectivity index (χ0v) is 18.2. The first-order valence-corrected chi connectivity index (χ1v) is 10.5. The summed E-state index contributed by atoms with van der Waals surface area (Å²) < 4.78 is 6.81. The molecule has 3 aromatic rings. The van der Waals surface area contributed by atoms with Gasteiger partial charge in [0.25, 0.3) is 5.91 Å². The van der Waals surface area contributed by atoms with Crippen molar-refractivity contribution in [3.05, 3.63) is 82.0 Å². The zero-order chi connectivity index (χ0) is 22.0. The largest absolute Gasteiger partial charge is 0.497 e. The second-order valence-electron chi connectivity index (χ2n) is 8.09. The lowest BCUT2D eigenvalue weighted by atomic mass is 9.91. The van der Waals surface area contributed by atoms with Crippen molar-refractivity contribution in [1.82, 2.24) is 14.5 Å². The number of hydrogen-bond donors (Lipinski definition) is 0. The molecule has 1 saturated heterocycles. The summed E-state index contributed by atoms with van der Waals surface area (Å²) >= 11 is 0. The third-order valence-corrected chi connectivity index (χ3v) is 5.91. The van der Waals surface area contributed by atoms with E-state index in [1.807, 2.05) is 30.0 Å². The minimum atomic E-state index is -0.118. The Labute approximate surface area is 182 Å². The maximum absolute atomic E-state index is 12.8. The number of hydrogen-bond acceptors (Lipinski definition) is 4. The van der Waals surface area contributed by atoms with Gasteiger partial charge in [0.15, 0.2) is 0 Å². The second-order valence-corrected chi connectivity index (χ2v) is 8.09. The van der Waals surface area contributed by atoms with Crippen molar-refractivity contribution in [3.8, 4) is 16.9 Å². The molecule has 0 spiro atoms. The number of amides is 1. The number of carbonyl (C=O) groups is 1. The lowest BCUT2D eigenvalue weighted by Gasteiger charge is -2.32. The minimum absolute atomic E-state index is 0.0247. The van der Waals surface area contributed by atoms with Crippen LogP contribution in [-0.2, 0) is 7.05 Å². The lowest BCUT2D eigenvalue weighted by Crippen LogP contribution is -2.38. The van der Waals surface area contributed by atoms with Gasteiger partial charge in [0.05, 0.1) is 12.7 Å². The monoisotopic (exact) mass is 417 g/mol. The number of aromatic nitrogens is 2. The Morgan fingerprint density at radius 2 is 1.84 bits per heavy atom. The smallest absolute Gasteiger partial charge is 0.255 e. The van der Waals surface area contributed by atoms with Gasteiger partial charge in [0.2, 0.25) is 5.56 Å². The molecular formula is C25H27N3O3. The summed E-state index contributed by atoms with van der Waals surface area (Å²) in [4.78, 5) is 31.1. The summed E-state index contributed by atoms with van der Waals surface area (Å²) in [5, 5.41) is 0. The Balaban J connectivity index is 1.49. The normalized spacial score (nSPS) is 14.5. The first-order chi connectivity index (χ1) is 14.9. The maximum atomic E-state index is 12.8. The van der Waals surface area contributed by atoms with Gasteiger partial charge >= 0.3 is 0 Å². The van der Waals surface area contributed by atoms with Crippen molar-refractivity contribution in [2.45, 2.75) is 25.7 Å². The van der Waals surface area contributed by atoms with Crippen molar-refractivity contribution in [1.29, 1.82) is 0 Å². The highest BCUT2D eigenvalue weighted by molar-refractivity contribution is 5.94. The van der Waals surface area contributed by atoms with Crippen molar-refractivity contribution in [3.63, 3.8) is 0 Å². The molecule has 2 aromatic heterocycles. The zero-order valence-electron chi connectivity index (χ0n) is 18.2. The molecule has 6 nitrogen and oxygen atoms in total. The van der Waals surface area contributed by atoms with Gasteiger partial charge in [-0.3, -0.25) is 14.6 Å². The molecule has 4 rings (SSSR count). The average molecular weight is 418 g/mol. The van der Waals surface area contributed by atoms with E-state index >= 15 is 0 Å². The number of nitrogens with zero attached hydrogens (tertiary/aromatic N) is 3. The van der Waals surface area contributed by atoms with E-state index in [1.54, 1.807) is 26.4 Å². The van der Waals surface area contributed by atoms with E-state index < -0.39 is 0 Å². The predicted molar refractivity (Wildman–Crippen MR) is 121 cm³/mol. The molecule has 0 unspecified atom stereocenters. The molecule has 160 valence electrons. The molecule has 1 aromatic carbocycles. The van der Waals surface area contributed by atoms with Crippen molar-refractivity contribution >= 4 is 5.91 Å². The predicted octanol–water partition coefficient (Wildman–Crippen LogP) is 3.78. The summed E-state index contributed by atoms with van der Waals surface area (Å²) in [7, 11) is 3.33. The second kappa shape index (κ2) is 8.76. The molecule has 1 amide bonds. The Hall–Kier alpha value is -3.41. The molecule has 0 radical (unpaired) electrons. The molecular weight excluding hydrogens is 390 g/mol. The molecule has 0 bridgehead atoms. The number of likely N-dealkylation sites (tertiary alicyclic amines) is 1. The lowest BCUT2D eigenvalue weighted by molar-refractivity contribution is 0.0711. The number of carbonyl (C=O) groups excluding carboxylic acids is 1. The summed E-state index contributed by atoms with van der Waals surface area (Å²) in [5.41, 5.74) is 4.73. The Morgan fingerprint density at radius 3 is 2.55 bits per heavy atom. The molecule has 0 N–H and O–H groups in total. The number of aryl methyl sites for hydroxylation is 2. The maximum Gasteiger partial charge on any atom is 0.255 e. The SMILES string of the molecule is COc1cccc(-c2cc(C)nc(C3CCN(C(=O)c4ccc(=O)n(C)c4)CC3)c2)c1. The van der Waals surface area contributed by atoms with Gasteiger partial charge < -0.3 is 14.2 Å². The number of ether oxygens (including phenoxy) is 1. The van der Waals surface area contributed by atoms with Crippen LogP contribution >= 0.6 is 0 Å². The van der Waals surface area contributed by atoms with Crippen LogP contribution in [0.15, 0.2) is 59.5 Å². The number of rotatable bonds is 4. The van der Waals surface area contributed by atoms with Crippen molar-refractivity contribution < 1.29 is 9.53 Å². The molecule has 0 atom stereocenters. The van der Waals surface area contributed by atoms with E-state index in [2.05, 4.69) is 18.2 Å². The highest BCUT2D eigenvalue weighted by Crippen LogP contribution is 2.31. The van der Waals surface area contributed by atoms with Crippen LogP contribution in [0.5, 0.6) is 5.75 Å². The molecule has 6 heteroatoms. The molecule has 1 aliphatic heterocycles. The van der Waals surface area contributed by atoms with Gasteiger partial charge in [-0.2, -0.15) is 0 Å². The standard InChI is InChI=1S/C25H27N3O3/c1-17-13-21(19-5-4-6-22(14-19)31-3)15-23(26-17)18-9-11-28(12-10-18)25(30)20-7-8-24(29)27(2)16-20/h4-8,13-16,18H,9-12H2,1-3H3. The van der Waals surface area contributed by atoms with E-state index in [0.29, 0.717) is 24.6 Å². The van der Waals surface area contributed by atoms with Crippen LogP contribution in [0.1, 0.15) is 40.5 Å². The quantitative estimate of drug-likeness (QED) is 0.648. The summed E-state index contributed by atoms with van der Waals surface area (Å²) in [6.07, 6.45) is 3.34. The minimum Gasteiger partial charge on any atom is -0.497 e. The number of benzene rings is 1. The van der Waals surface area contributed by atoms with Crippen molar-refractivity contribution in [2.24, 2.45) is 7.05 Å². The Morgan fingerprint density at radius 1 is 1.06 bits per heavy atom. The average Bonchev–Trinajstić information content (AvgIpc) is 2.80. The first-order valence-electron chi connectivity index (χ1n) is 10.5. The fourth-order valence-corrected chi connectivity index (χ4v) is 4.15. The van der Waals surface area contributed by atoms with Gasteiger partial charge in [-0.25, -0.2) is 0 Å². The molecule has 0 aliphatic carbocycles. The van der Waals surface area contributed by atoms with Gasteiger partial charge in [-0.05, 0) is 61.2 Å². The molecule has 1 fully saturated rings. The van der Waals surface area contributed by atoms with Crippen LogP contribution in [0.2, 0.25) is 0 Å². The van der Waals surface area contributed by atoms with Gasteiger partial charge in [-0.15, -0.1) is 0 Å². The van der Waals surface area contributed by atoms with Crippen LogP contribution < -0.4 is 10.3 Å². The summed E-state index contributed by atoms with van der Waals surface area (Å²) in [5.74, 6) is 1.12. The van der Waals surface area contributed by atoms with Gasteiger partial charge in [0.1, 0.15) is 5.75 Å². The van der Waals surface area contributed by atoms with Crippen molar-refractivity contribution in [2.75, 3.05) is 20.2 Å². The number of pyridine rings is 2. The van der Waals surface area contributed by atoms with E-state index in [0.717, 1.165) is 41.1 Å². The van der Waals surface area contributed by atoms with Gasteiger partial charge in [0, 0.05) is 49.7 Å². The van der Waals surface area contributed by atoms with Crippen LogP contribution in [0.4, 0.5) is 0 Å². The van der Waals surface area contributed by atoms with E-state index in [4.69, 9.17) is 9.72 Å². The Kier molecular flexibility index (Phi) is 5.89. The molecule has 3 heterocycles. The molecule has 0 saturated carbocycles. The van der Waals surface area contributed by atoms with Crippen LogP contribution in [-0.4, -0.2) is 40.6 Å². The summed E-state index contributed by atoms with van der Waals surface area (Å²) in [6, 6.07) is 15.4. The van der Waals surface area contributed by atoms with E-state index in [9.17, 15) is 9.59 Å². The van der Waals surface area contributed by atoms with Crippen LogP contribution in [0, 0.1) is 6.92 Å². The molecule has 31 heavy (non-hydrogen) atoms. The Bertz CT molecular complexity index is 1160. The van der Waals surface area contributed by atoms with Crippen LogP contribution in [0.25, 0.3) is 11.1 Å². The molecule has 1 aliphatic rings.